The molecule has 0 bridgehead atoms. The summed E-state index contributed by atoms with van der Waals surface area (Å²) in [5, 5.41) is 0. The SMILES string of the molecule is CC(C)(C)C1=CC[C-]=C1.CC(C)(C)C1=CC[C-]=C1.C[SiH2][Si](C)(C)C.[Cl-].[Cl-].[Hf+4]. The molecule has 2 aliphatic carbocycles. The third-order valence-electron chi connectivity index (χ3n) is 4.19. The van der Waals surface area contributed by atoms with Crippen molar-refractivity contribution in [3.05, 3.63) is 47.6 Å². The Hall–Kier alpha value is 0.844. The summed E-state index contributed by atoms with van der Waals surface area (Å²) in [6.45, 7) is 23.1. The molecule has 0 unspecified atom stereocenters. The zero-order valence-corrected chi connectivity index (χ0v) is 26.7. The van der Waals surface area contributed by atoms with Crippen LogP contribution < -0.4 is 24.8 Å². The van der Waals surface area contributed by atoms with Gasteiger partial charge in [-0.2, -0.15) is 23.3 Å². The van der Waals surface area contributed by atoms with Gasteiger partial charge in [-0.15, -0.1) is 12.8 Å². The van der Waals surface area contributed by atoms with Crippen molar-refractivity contribution in [2.75, 3.05) is 0 Å². The number of rotatable bonds is 1. The third kappa shape index (κ3) is 18.6. The van der Waals surface area contributed by atoms with Gasteiger partial charge in [0.15, 0.2) is 0 Å². The van der Waals surface area contributed by atoms with E-state index in [4.69, 9.17) is 0 Å². The van der Waals surface area contributed by atoms with E-state index in [2.05, 4.69) is 104 Å². The standard InChI is InChI=1S/2C9H13.C4H14Si2.2ClH.Hf/c2*1-9(2,3)8-6-4-5-7-8;1-5-6(2,3)4;;;/h2*6-7H,4H2,1-3H3;5H2,1-4H3;2*1H;/q2*-1;;;;+4/p-2. The Bertz CT molecular complexity index is 460. The number of halogens is 2. The van der Waals surface area contributed by atoms with Gasteiger partial charge in [0.2, 0.25) is 0 Å². The van der Waals surface area contributed by atoms with Gasteiger partial charge in [-0.3, -0.25) is 12.2 Å². The summed E-state index contributed by atoms with van der Waals surface area (Å²) >= 11 is 0. The second-order valence-corrected chi connectivity index (χ2v) is 24.2. The first-order valence-corrected chi connectivity index (χ1v) is 16.6. The van der Waals surface area contributed by atoms with Gasteiger partial charge in [0, 0.05) is 16.6 Å². The molecule has 0 N–H and O–H groups in total. The minimum Gasteiger partial charge on any atom is -1.00 e. The van der Waals surface area contributed by atoms with Crippen LogP contribution in [0, 0.1) is 23.0 Å². The summed E-state index contributed by atoms with van der Waals surface area (Å²) in [4.78, 5) is 0. The van der Waals surface area contributed by atoms with Crippen molar-refractivity contribution in [2.24, 2.45) is 10.8 Å². The van der Waals surface area contributed by atoms with Crippen LogP contribution in [-0.4, -0.2) is 16.6 Å². The van der Waals surface area contributed by atoms with Crippen molar-refractivity contribution in [1.29, 1.82) is 0 Å². The molecule has 0 spiro atoms. The van der Waals surface area contributed by atoms with Crippen LogP contribution in [-0.2, 0) is 25.8 Å². The van der Waals surface area contributed by atoms with Crippen LogP contribution in [0.3, 0.4) is 0 Å². The minimum absolute atomic E-state index is 0. The van der Waals surface area contributed by atoms with Gasteiger partial charge in [0.1, 0.15) is 0 Å². The van der Waals surface area contributed by atoms with Crippen molar-refractivity contribution in [2.45, 2.75) is 80.6 Å². The first-order valence-electron chi connectivity index (χ1n) is 9.32. The zero-order chi connectivity index (χ0) is 19.0. The van der Waals surface area contributed by atoms with E-state index in [9.17, 15) is 0 Å². The molecule has 154 valence electrons. The molecule has 0 nitrogen and oxygen atoms in total. The topological polar surface area (TPSA) is 0 Å². The molecule has 27 heavy (non-hydrogen) atoms. The number of hydrogen-bond donors (Lipinski definition) is 0. The van der Waals surface area contributed by atoms with Crippen molar-refractivity contribution < 1.29 is 50.7 Å². The minimum atomic E-state index is -0.492. The number of hydrogen-bond acceptors (Lipinski definition) is 0. The molecule has 0 aliphatic heterocycles. The summed E-state index contributed by atoms with van der Waals surface area (Å²) in [6, 6.07) is 0. The summed E-state index contributed by atoms with van der Waals surface area (Å²) in [6.07, 6.45) is 17.0. The quantitative estimate of drug-likeness (QED) is 0.300. The Labute approximate surface area is 205 Å². The van der Waals surface area contributed by atoms with E-state index in [0.717, 1.165) is 12.8 Å². The van der Waals surface area contributed by atoms with Gasteiger partial charge >= 0.3 is 25.8 Å². The van der Waals surface area contributed by atoms with Gasteiger partial charge in [0.25, 0.3) is 0 Å². The fourth-order valence-electron chi connectivity index (χ4n) is 1.84. The molecule has 0 aromatic rings. The Balaban J connectivity index is -0.000000142. The van der Waals surface area contributed by atoms with Crippen molar-refractivity contribution in [3.63, 3.8) is 0 Å². The summed E-state index contributed by atoms with van der Waals surface area (Å²) in [7, 11) is -0.101. The summed E-state index contributed by atoms with van der Waals surface area (Å²) < 4.78 is 0. The van der Waals surface area contributed by atoms with Crippen LogP contribution in [0.25, 0.3) is 0 Å². The maximum absolute atomic E-state index is 3.16. The van der Waals surface area contributed by atoms with E-state index in [1.807, 2.05) is 0 Å². The van der Waals surface area contributed by atoms with Gasteiger partial charge in [-0.05, 0) is 0 Å². The van der Waals surface area contributed by atoms with Gasteiger partial charge in [-0.25, -0.2) is 12.2 Å². The van der Waals surface area contributed by atoms with Crippen LogP contribution in [0.5, 0.6) is 0 Å². The smallest absolute Gasteiger partial charge is 1.00 e. The molecule has 0 fully saturated rings. The molecule has 0 saturated carbocycles. The van der Waals surface area contributed by atoms with E-state index in [1.165, 1.54) is 11.1 Å². The molecule has 5 heteroatoms. The Morgan fingerprint density at radius 1 is 0.778 bits per heavy atom. The molecular weight excluding hydrogens is 570 g/mol. The molecule has 0 amide bonds. The van der Waals surface area contributed by atoms with Crippen molar-refractivity contribution in [3.8, 4) is 0 Å². The normalized spacial score (nSPS) is 15.3. The van der Waals surface area contributed by atoms with Crippen LogP contribution >= 0.6 is 0 Å². The van der Waals surface area contributed by atoms with Gasteiger partial charge in [0.05, 0.1) is 0 Å². The average Bonchev–Trinajstić information content (AvgIpc) is 3.11. The fourth-order valence-corrected chi connectivity index (χ4v) is 1.84. The predicted octanol–water partition coefficient (Wildman–Crippen LogP) is 0.488. The first-order chi connectivity index (χ1) is 10.8. The summed E-state index contributed by atoms with van der Waals surface area (Å²) in [5.41, 5.74) is 3.48. The van der Waals surface area contributed by atoms with Crippen molar-refractivity contribution in [1.82, 2.24) is 0 Å². The molecule has 0 atom stereocenters. The molecule has 0 aromatic carbocycles. The number of allylic oxidation sites excluding steroid dienone is 8. The average molecular weight is 610 g/mol. The second kappa shape index (κ2) is 15.7. The van der Waals surface area contributed by atoms with Gasteiger partial charge in [-0.1, -0.05) is 78.6 Å². The first kappa shape index (κ1) is 35.3. The Morgan fingerprint density at radius 3 is 1.11 bits per heavy atom. The zero-order valence-electron chi connectivity index (χ0n) is 19.2. The third-order valence-corrected chi connectivity index (χ3v) is 12.7. The van der Waals surface area contributed by atoms with Crippen LogP contribution in [0.4, 0.5) is 0 Å². The maximum Gasteiger partial charge on any atom is 4.00 e. The van der Waals surface area contributed by atoms with E-state index >= 15 is 0 Å². The molecule has 2 rings (SSSR count). The van der Waals surface area contributed by atoms with E-state index in [-0.39, 0.29) is 50.7 Å². The van der Waals surface area contributed by atoms with Gasteiger partial charge < -0.3 is 24.8 Å². The van der Waals surface area contributed by atoms with E-state index < -0.39 is 7.59 Å². The van der Waals surface area contributed by atoms with Crippen molar-refractivity contribution >= 4 is 16.6 Å². The Kier molecular flexibility index (Phi) is 20.5. The van der Waals surface area contributed by atoms with E-state index in [1.54, 1.807) is 0 Å². The largest absolute Gasteiger partial charge is 4.00 e. The summed E-state index contributed by atoms with van der Waals surface area (Å²) in [5.74, 6) is 0. The van der Waals surface area contributed by atoms with Crippen LogP contribution in [0.1, 0.15) is 54.4 Å². The van der Waals surface area contributed by atoms with Crippen LogP contribution in [0.2, 0.25) is 26.2 Å². The fraction of sp³-hybridized carbons (Fsp3) is 0.636. The Morgan fingerprint density at radius 2 is 1.04 bits per heavy atom. The molecular formula is C22H40Cl2HfSi2. The molecule has 0 radical (unpaired) electrons. The molecule has 0 saturated heterocycles. The molecule has 0 heterocycles. The second-order valence-electron chi connectivity index (χ2n) is 9.84. The monoisotopic (exact) mass is 610 g/mol. The molecule has 2 aliphatic rings. The van der Waals surface area contributed by atoms with Crippen LogP contribution in [0.15, 0.2) is 35.5 Å². The predicted molar refractivity (Wildman–Crippen MR) is 118 cm³/mol. The molecule has 0 aromatic heterocycles. The van der Waals surface area contributed by atoms with E-state index in [0.29, 0.717) is 19.9 Å². The maximum atomic E-state index is 3.16.